The Hall–Kier alpha value is 0.0700. The average Bonchev–Trinajstić information content (AvgIpc) is 2.85. The van der Waals surface area contributed by atoms with Crippen LogP contribution in [0.5, 0.6) is 0 Å². The highest BCUT2D eigenvalue weighted by Crippen LogP contribution is 2.24. The Morgan fingerprint density at radius 2 is 2.11 bits per heavy atom. The molecule has 0 spiro atoms. The lowest BCUT2D eigenvalue weighted by Crippen LogP contribution is -2.45. The van der Waals surface area contributed by atoms with Crippen LogP contribution in [-0.2, 0) is 4.79 Å². The van der Waals surface area contributed by atoms with Gasteiger partial charge in [-0.15, -0.1) is 12.4 Å². The molecule has 0 bridgehead atoms. The van der Waals surface area contributed by atoms with Gasteiger partial charge in [0.2, 0.25) is 5.91 Å². The number of thioether (sulfide) groups is 1. The molecule has 2 fully saturated rings. The van der Waals surface area contributed by atoms with Crippen LogP contribution in [0.4, 0.5) is 0 Å². The van der Waals surface area contributed by atoms with Gasteiger partial charge in [0.25, 0.3) is 0 Å². The summed E-state index contributed by atoms with van der Waals surface area (Å²) in [5.41, 5.74) is 0. The van der Waals surface area contributed by atoms with Crippen LogP contribution in [0.1, 0.15) is 39.0 Å². The first-order valence-electron chi connectivity index (χ1n) is 6.92. The first-order valence-corrected chi connectivity index (χ1v) is 8.07. The smallest absolute Gasteiger partial charge is 0.224 e. The third kappa shape index (κ3) is 4.32. The van der Waals surface area contributed by atoms with Crippen LogP contribution in [0, 0.1) is 0 Å². The lowest BCUT2D eigenvalue weighted by Gasteiger charge is -2.30. The van der Waals surface area contributed by atoms with Crippen LogP contribution in [0.2, 0.25) is 0 Å². The van der Waals surface area contributed by atoms with Gasteiger partial charge in [0.15, 0.2) is 0 Å². The number of rotatable bonds is 4. The van der Waals surface area contributed by atoms with Gasteiger partial charge in [-0.3, -0.25) is 4.79 Å². The van der Waals surface area contributed by atoms with Crippen molar-refractivity contribution in [2.24, 2.45) is 0 Å². The lowest BCUT2D eigenvalue weighted by molar-refractivity contribution is -0.133. The second-order valence-corrected chi connectivity index (χ2v) is 6.20. The first kappa shape index (κ1) is 16.1. The number of amides is 1. The summed E-state index contributed by atoms with van der Waals surface area (Å²) in [6, 6.07) is 0.931. The van der Waals surface area contributed by atoms with E-state index in [2.05, 4.69) is 17.1 Å². The molecule has 3 nitrogen and oxygen atoms in total. The minimum absolute atomic E-state index is 0. The zero-order valence-electron chi connectivity index (χ0n) is 11.2. The fourth-order valence-corrected chi connectivity index (χ4v) is 3.88. The van der Waals surface area contributed by atoms with Crippen LogP contribution in [0.25, 0.3) is 0 Å². The van der Waals surface area contributed by atoms with Crippen molar-refractivity contribution in [3.63, 3.8) is 0 Å². The lowest BCUT2D eigenvalue weighted by atomic mass is 10.1. The molecule has 0 aromatic heterocycles. The summed E-state index contributed by atoms with van der Waals surface area (Å²) in [6.45, 7) is 4.04. The van der Waals surface area contributed by atoms with E-state index in [4.69, 9.17) is 0 Å². The maximum atomic E-state index is 12.3. The largest absolute Gasteiger partial charge is 0.340 e. The Bertz CT molecular complexity index is 253. The van der Waals surface area contributed by atoms with Crippen molar-refractivity contribution in [1.82, 2.24) is 10.2 Å². The Kier molecular flexibility index (Phi) is 7.42. The highest BCUT2D eigenvalue weighted by atomic mass is 35.5. The summed E-state index contributed by atoms with van der Waals surface area (Å²) in [7, 11) is 0. The second kappa shape index (κ2) is 8.28. The van der Waals surface area contributed by atoms with Gasteiger partial charge in [-0.1, -0.05) is 12.8 Å². The Balaban J connectivity index is 0.00000162. The topological polar surface area (TPSA) is 32.3 Å². The number of halogens is 1. The monoisotopic (exact) mass is 292 g/mol. The van der Waals surface area contributed by atoms with Gasteiger partial charge in [-0.05, 0) is 19.8 Å². The van der Waals surface area contributed by atoms with Crippen molar-refractivity contribution in [3.05, 3.63) is 0 Å². The first-order chi connectivity index (χ1) is 8.31. The van der Waals surface area contributed by atoms with Crippen molar-refractivity contribution in [2.75, 3.05) is 24.6 Å². The number of hydrogen-bond donors (Lipinski definition) is 1. The molecule has 1 aliphatic heterocycles. The van der Waals surface area contributed by atoms with Crippen molar-refractivity contribution in [1.29, 1.82) is 0 Å². The van der Waals surface area contributed by atoms with E-state index in [1.807, 2.05) is 11.8 Å². The molecule has 1 N–H and O–H groups in total. The van der Waals surface area contributed by atoms with E-state index in [-0.39, 0.29) is 12.4 Å². The number of carbonyl (C=O) groups excluding carboxylic acids is 1. The van der Waals surface area contributed by atoms with Gasteiger partial charge in [0.05, 0.1) is 0 Å². The molecule has 1 amide bonds. The fraction of sp³-hybridized carbons (Fsp3) is 0.923. The van der Waals surface area contributed by atoms with E-state index in [9.17, 15) is 4.79 Å². The molecule has 1 saturated heterocycles. The quantitative estimate of drug-likeness (QED) is 0.863. The molecule has 0 radical (unpaired) electrons. The SMILES string of the molecule is CCN(C(=O)CC1CSCCN1)C1CCCC1.Cl. The maximum Gasteiger partial charge on any atom is 0.224 e. The van der Waals surface area contributed by atoms with Crippen molar-refractivity contribution >= 4 is 30.1 Å². The van der Waals surface area contributed by atoms with Crippen molar-refractivity contribution in [2.45, 2.75) is 51.1 Å². The zero-order valence-corrected chi connectivity index (χ0v) is 12.8. The summed E-state index contributed by atoms with van der Waals surface area (Å²) in [4.78, 5) is 14.4. The van der Waals surface area contributed by atoms with Gasteiger partial charge in [0, 0.05) is 43.1 Å². The van der Waals surface area contributed by atoms with E-state index < -0.39 is 0 Å². The molecule has 2 rings (SSSR count). The van der Waals surface area contributed by atoms with E-state index in [0.717, 1.165) is 18.8 Å². The van der Waals surface area contributed by atoms with Gasteiger partial charge in [-0.25, -0.2) is 0 Å². The third-order valence-corrected chi connectivity index (χ3v) is 4.98. The number of nitrogens with one attached hydrogen (secondary N) is 1. The van der Waals surface area contributed by atoms with Crippen LogP contribution < -0.4 is 5.32 Å². The van der Waals surface area contributed by atoms with Gasteiger partial charge in [-0.2, -0.15) is 11.8 Å². The molecule has 18 heavy (non-hydrogen) atoms. The minimum atomic E-state index is 0. The molecule has 0 aromatic carbocycles. The standard InChI is InChI=1S/C13H24N2OS.ClH/c1-2-15(12-5-3-4-6-12)13(16)9-11-10-17-8-7-14-11;/h11-12,14H,2-10H2,1H3;1H. The average molecular weight is 293 g/mol. The predicted octanol–water partition coefficient (Wildman–Crippen LogP) is 2.29. The minimum Gasteiger partial charge on any atom is -0.340 e. The van der Waals surface area contributed by atoms with Gasteiger partial charge < -0.3 is 10.2 Å². The van der Waals surface area contributed by atoms with Crippen molar-refractivity contribution < 1.29 is 4.79 Å². The number of nitrogens with zero attached hydrogens (tertiary/aromatic N) is 1. The van der Waals surface area contributed by atoms with Gasteiger partial charge in [0.1, 0.15) is 0 Å². The second-order valence-electron chi connectivity index (χ2n) is 5.05. The molecule has 2 aliphatic rings. The molecular weight excluding hydrogens is 268 g/mol. The molecule has 1 aliphatic carbocycles. The Morgan fingerprint density at radius 3 is 2.67 bits per heavy atom. The molecule has 1 saturated carbocycles. The highest BCUT2D eigenvalue weighted by Gasteiger charge is 2.27. The molecular formula is C13H25ClN2OS. The van der Waals surface area contributed by atoms with E-state index >= 15 is 0 Å². The Labute approximate surface area is 121 Å². The molecule has 1 heterocycles. The van der Waals surface area contributed by atoms with E-state index in [1.165, 1.54) is 31.4 Å². The third-order valence-electron chi connectivity index (χ3n) is 3.85. The molecule has 1 atom stereocenters. The summed E-state index contributed by atoms with van der Waals surface area (Å²) >= 11 is 1.96. The van der Waals surface area contributed by atoms with Crippen LogP contribution >= 0.6 is 24.2 Å². The molecule has 106 valence electrons. The molecule has 1 unspecified atom stereocenters. The van der Waals surface area contributed by atoms with Crippen LogP contribution in [0.15, 0.2) is 0 Å². The zero-order chi connectivity index (χ0) is 12.1. The highest BCUT2D eigenvalue weighted by molar-refractivity contribution is 7.99. The van der Waals surface area contributed by atoms with Crippen molar-refractivity contribution in [3.8, 4) is 0 Å². The predicted molar refractivity (Wildman–Crippen MR) is 80.6 cm³/mol. The summed E-state index contributed by atoms with van der Waals surface area (Å²) < 4.78 is 0. The normalized spacial score (nSPS) is 24.6. The number of hydrogen-bond acceptors (Lipinski definition) is 3. The summed E-state index contributed by atoms with van der Waals surface area (Å²) in [6.07, 6.45) is 5.72. The van der Waals surface area contributed by atoms with Gasteiger partial charge >= 0.3 is 0 Å². The van der Waals surface area contributed by atoms with E-state index in [0.29, 0.717) is 24.4 Å². The number of carbonyl (C=O) groups is 1. The molecule has 0 aromatic rings. The summed E-state index contributed by atoms with van der Waals surface area (Å²) in [5, 5.41) is 3.45. The Morgan fingerprint density at radius 1 is 1.39 bits per heavy atom. The summed E-state index contributed by atoms with van der Waals surface area (Å²) in [5.74, 6) is 2.64. The molecule has 5 heteroatoms. The van der Waals surface area contributed by atoms with E-state index in [1.54, 1.807) is 0 Å². The van der Waals surface area contributed by atoms with Crippen LogP contribution in [0.3, 0.4) is 0 Å². The van der Waals surface area contributed by atoms with Crippen LogP contribution in [-0.4, -0.2) is 47.5 Å². The maximum absolute atomic E-state index is 12.3. The fourth-order valence-electron chi connectivity index (χ4n) is 2.93.